The van der Waals surface area contributed by atoms with Gasteiger partial charge in [0.2, 0.25) is 0 Å². The van der Waals surface area contributed by atoms with Crippen LogP contribution in [0.5, 0.6) is 0 Å². The Kier molecular flexibility index (Phi) is 8.75. The van der Waals surface area contributed by atoms with Crippen LogP contribution in [0.4, 0.5) is 14.3 Å². The molecule has 0 spiro atoms. The molecular weight excluding hydrogens is 501 g/mol. The number of piperidine rings is 2. The number of Topliss-reactive ketones (excluding diaryl/α,β-unsaturated/α-hetero) is 1. The van der Waals surface area contributed by atoms with Gasteiger partial charge in [0.1, 0.15) is 5.82 Å². The molecule has 1 aromatic heterocycles. The van der Waals surface area contributed by atoms with Gasteiger partial charge in [-0.15, -0.1) is 0 Å². The number of amides is 2. The molecule has 2 aromatic rings. The van der Waals surface area contributed by atoms with Gasteiger partial charge in [-0.3, -0.25) is 10.1 Å². The van der Waals surface area contributed by atoms with Gasteiger partial charge < -0.3 is 15.1 Å². The van der Waals surface area contributed by atoms with Gasteiger partial charge in [-0.2, -0.15) is 0 Å². The van der Waals surface area contributed by atoms with Crippen molar-refractivity contribution in [3.8, 4) is 0 Å². The number of carbonyl (C=O) groups is 2. The van der Waals surface area contributed by atoms with Gasteiger partial charge in [0.15, 0.2) is 10.9 Å². The fourth-order valence-electron chi connectivity index (χ4n) is 6.13. The van der Waals surface area contributed by atoms with Crippen LogP contribution in [0.3, 0.4) is 0 Å². The fourth-order valence-corrected chi connectivity index (χ4v) is 6.99. The first kappa shape index (κ1) is 27.2. The highest BCUT2D eigenvalue weighted by atomic mass is 32.1. The standard InChI is InChI=1S/C29H40FN5O2S/c1-19-27(20(2)36)38-29(31-19)33-28(37)32-26-18-35(15-22-5-6-22)13-11-24(26)17-34-12-3-4-23(16-34)14-21-7-9-25(30)10-8-21/h7-10,22-24,26H,3-6,11-18H2,1-2H3,(H2,31,32,33,37)/t23?,24-,26-/m0/s1. The third kappa shape index (κ3) is 7.39. The van der Waals surface area contributed by atoms with E-state index in [2.05, 4.69) is 25.4 Å². The predicted molar refractivity (Wildman–Crippen MR) is 149 cm³/mol. The Balaban J connectivity index is 1.20. The summed E-state index contributed by atoms with van der Waals surface area (Å²) < 4.78 is 13.3. The maximum Gasteiger partial charge on any atom is 0.321 e. The van der Waals surface area contributed by atoms with E-state index in [4.69, 9.17) is 0 Å². The first-order valence-corrected chi connectivity index (χ1v) is 14.9. The van der Waals surface area contributed by atoms with Crippen molar-refractivity contribution < 1.29 is 14.0 Å². The summed E-state index contributed by atoms with van der Waals surface area (Å²) in [5.41, 5.74) is 1.86. The molecule has 2 amide bonds. The Hall–Kier alpha value is -2.36. The van der Waals surface area contributed by atoms with E-state index in [9.17, 15) is 14.0 Å². The van der Waals surface area contributed by atoms with Gasteiger partial charge >= 0.3 is 6.03 Å². The fraction of sp³-hybridized carbons (Fsp3) is 0.621. The van der Waals surface area contributed by atoms with Crippen molar-refractivity contribution in [3.63, 3.8) is 0 Å². The minimum absolute atomic E-state index is 0.0317. The van der Waals surface area contributed by atoms with Gasteiger partial charge in [0, 0.05) is 39.1 Å². The number of likely N-dealkylation sites (tertiary alicyclic amines) is 2. The molecule has 2 saturated heterocycles. The van der Waals surface area contributed by atoms with E-state index in [1.807, 2.05) is 12.1 Å². The lowest BCUT2D eigenvalue weighted by molar-refractivity contribution is 0.0882. The minimum Gasteiger partial charge on any atom is -0.333 e. The van der Waals surface area contributed by atoms with E-state index in [0.29, 0.717) is 27.5 Å². The van der Waals surface area contributed by atoms with Crippen molar-refractivity contribution in [1.82, 2.24) is 20.1 Å². The third-order valence-electron chi connectivity index (χ3n) is 8.24. The summed E-state index contributed by atoms with van der Waals surface area (Å²) in [5, 5.41) is 6.62. The summed E-state index contributed by atoms with van der Waals surface area (Å²) in [7, 11) is 0. The second kappa shape index (κ2) is 12.2. The van der Waals surface area contributed by atoms with Crippen molar-refractivity contribution in [2.45, 2.75) is 58.4 Å². The lowest BCUT2D eigenvalue weighted by Gasteiger charge is -2.42. The topological polar surface area (TPSA) is 77.6 Å². The maximum absolute atomic E-state index is 13.3. The van der Waals surface area contributed by atoms with Crippen LogP contribution in [0.15, 0.2) is 24.3 Å². The van der Waals surface area contributed by atoms with E-state index in [-0.39, 0.29) is 23.7 Å². The first-order valence-electron chi connectivity index (χ1n) is 14.1. The molecule has 0 bridgehead atoms. The van der Waals surface area contributed by atoms with Crippen LogP contribution in [0.25, 0.3) is 0 Å². The number of hydrogen-bond donors (Lipinski definition) is 2. The minimum atomic E-state index is -0.245. The summed E-state index contributed by atoms with van der Waals surface area (Å²) in [6.07, 6.45) is 7.07. The number of urea groups is 1. The lowest BCUT2D eigenvalue weighted by Crippen LogP contribution is -2.56. The Morgan fingerprint density at radius 2 is 1.79 bits per heavy atom. The number of aryl methyl sites for hydroxylation is 1. The second-order valence-electron chi connectivity index (χ2n) is 11.5. The molecule has 206 valence electrons. The number of rotatable bonds is 9. The Bertz CT molecular complexity index is 1120. The molecule has 9 heteroatoms. The molecule has 1 unspecified atom stereocenters. The highest BCUT2D eigenvalue weighted by Gasteiger charge is 2.35. The molecule has 3 atom stereocenters. The lowest BCUT2D eigenvalue weighted by atomic mass is 9.87. The summed E-state index contributed by atoms with van der Waals surface area (Å²) >= 11 is 1.23. The van der Waals surface area contributed by atoms with Gasteiger partial charge in [-0.25, -0.2) is 14.2 Å². The molecule has 1 aliphatic carbocycles. The quantitative estimate of drug-likeness (QED) is 0.439. The molecule has 2 aliphatic heterocycles. The van der Waals surface area contributed by atoms with Crippen molar-refractivity contribution in [1.29, 1.82) is 0 Å². The number of halogens is 1. The number of nitrogens with one attached hydrogen (secondary N) is 2. The number of anilines is 1. The van der Waals surface area contributed by atoms with Crippen molar-refractivity contribution >= 4 is 28.3 Å². The number of thiazole rings is 1. The number of ketones is 1. The SMILES string of the molecule is CC(=O)c1sc(NC(=O)N[C@H]2CN(CC3CC3)CC[C@H]2CN2CCCC(Cc3ccc(F)cc3)C2)nc1C. The second-order valence-corrected chi connectivity index (χ2v) is 12.5. The van der Waals surface area contributed by atoms with Gasteiger partial charge in [-0.05, 0) is 94.0 Å². The van der Waals surface area contributed by atoms with Crippen LogP contribution in [0.2, 0.25) is 0 Å². The van der Waals surface area contributed by atoms with Crippen molar-refractivity contribution in [2.24, 2.45) is 17.8 Å². The normalized spacial score (nSPS) is 24.8. The molecule has 3 fully saturated rings. The molecule has 0 radical (unpaired) electrons. The van der Waals surface area contributed by atoms with Gasteiger partial charge in [-0.1, -0.05) is 23.5 Å². The van der Waals surface area contributed by atoms with Crippen LogP contribution in [0, 0.1) is 30.5 Å². The van der Waals surface area contributed by atoms with E-state index in [1.54, 1.807) is 19.1 Å². The summed E-state index contributed by atoms with van der Waals surface area (Å²) in [4.78, 5) is 34.9. The van der Waals surface area contributed by atoms with Crippen LogP contribution >= 0.6 is 11.3 Å². The van der Waals surface area contributed by atoms with E-state index in [0.717, 1.165) is 58.0 Å². The van der Waals surface area contributed by atoms with Crippen LogP contribution in [0.1, 0.15) is 60.0 Å². The summed E-state index contributed by atoms with van der Waals surface area (Å²) in [6.45, 7) is 9.52. The Labute approximate surface area is 229 Å². The summed E-state index contributed by atoms with van der Waals surface area (Å²) in [6, 6.07) is 6.75. The molecule has 1 saturated carbocycles. The van der Waals surface area contributed by atoms with Crippen molar-refractivity contribution in [2.75, 3.05) is 44.6 Å². The zero-order chi connectivity index (χ0) is 26.6. The molecule has 1 aromatic carbocycles. The molecule has 3 aliphatic rings. The van der Waals surface area contributed by atoms with Gasteiger partial charge in [0.25, 0.3) is 0 Å². The summed E-state index contributed by atoms with van der Waals surface area (Å²) in [5.74, 6) is 1.56. The monoisotopic (exact) mass is 541 g/mol. The van der Waals surface area contributed by atoms with E-state index in [1.165, 1.54) is 49.5 Å². The Morgan fingerprint density at radius 1 is 1.03 bits per heavy atom. The molecular formula is C29H40FN5O2S. The van der Waals surface area contributed by atoms with Gasteiger partial charge in [0.05, 0.1) is 10.6 Å². The van der Waals surface area contributed by atoms with Crippen LogP contribution in [-0.2, 0) is 6.42 Å². The number of carbonyl (C=O) groups excluding carboxylic acids is 2. The highest BCUT2D eigenvalue weighted by molar-refractivity contribution is 7.17. The molecule has 2 N–H and O–H groups in total. The van der Waals surface area contributed by atoms with E-state index < -0.39 is 0 Å². The van der Waals surface area contributed by atoms with Crippen LogP contribution in [-0.4, -0.2) is 71.9 Å². The molecule has 3 heterocycles. The first-order chi connectivity index (χ1) is 18.3. The maximum atomic E-state index is 13.3. The number of hydrogen-bond acceptors (Lipinski definition) is 6. The number of nitrogens with zero attached hydrogens (tertiary/aromatic N) is 3. The largest absolute Gasteiger partial charge is 0.333 e. The zero-order valence-electron chi connectivity index (χ0n) is 22.5. The average molecular weight is 542 g/mol. The van der Waals surface area contributed by atoms with E-state index >= 15 is 0 Å². The predicted octanol–water partition coefficient (Wildman–Crippen LogP) is 4.97. The Morgan fingerprint density at radius 3 is 2.50 bits per heavy atom. The molecule has 38 heavy (non-hydrogen) atoms. The third-order valence-corrected chi connectivity index (χ3v) is 9.41. The molecule has 7 nitrogen and oxygen atoms in total. The average Bonchev–Trinajstić information content (AvgIpc) is 3.61. The van der Waals surface area contributed by atoms with Crippen LogP contribution < -0.4 is 10.6 Å². The zero-order valence-corrected chi connectivity index (χ0v) is 23.4. The molecule has 5 rings (SSSR count). The number of benzene rings is 1. The number of aromatic nitrogens is 1. The van der Waals surface area contributed by atoms with Crippen molar-refractivity contribution in [3.05, 3.63) is 46.2 Å². The smallest absolute Gasteiger partial charge is 0.321 e. The highest BCUT2D eigenvalue weighted by Crippen LogP contribution is 2.32.